The molecule has 0 radical (unpaired) electrons. The van der Waals surface area contributed by atoms with Crippen molar-refractivity contribution in [2.45, 2.75) is 66.8 Å². The summed E-state index contributed by atoms with van der Waals surface area (Å²) in [4.78, 5) is 48.5. The number of hydrogen-bond donors (Lipinski definition) is 1. The van der Waals surface area contributed by atoms with Gasteiger partial charge in [-0.05, 0) is 56.9 Å². The first-order valence-corrected chi connectivity index (χ1v) is 16.9. The minimum atomic E-state index is -0.711. The number of anilines is 1. The summed E-state index contributed by atoms with van der Waals surface area (Å²) in [6.07, 6.45) is 7.00. The maximum Gasteiger partial charge on any atom is 0.247 e. The van der Waals surface area contributed by atoms with Gasteiger partial charge in [0.1, 0.15) is 11.8 Å². The van der Waals surface area contributed by atoms with E-state index < -0.39 is 22.6 Å². The molecule has 1 spiro atoms. The molecule has 8 nitrogen and oxygen atoms in total. The molecule has 42 heavy (non-hydrogen) atoms. The minimum absolute atomic E-state index is 0.0115. The van der Waals surface area contributed by atoms with Crippen LogP contribution in [-0.2, 0) is 14.4 Å². The fourth-order valence-corrected chi connectivity index (χ4v) is 10.4. The molecule has 1 aromatic rings. The molecule has 3 fully saturated rings. The molecule has 0 saturated carbocycles. The highest BCUT2D eigenvalue weighted by Crippen LogP contribution is 2.68. The van der Waals surface area contributed by atoms with Crippen molar-refractivity contribution in [3.05, 3.63) is 49.6 Å². The highest BCUT2D eigenvalue weighted by Gasteiger charge is 2.76. The molecule has 6 atom stereocenters. The number of halogens is 1. The molecule has 3 heterocycles. The summed E-state index contributed by atoms with van der Waals surface area (Å²) in [5, 5.41) is 9.31. The maximum atomic E-state index is 14.5. The first-order chi connectivity index (χ1) is 20.3. The third kappa shape index (κ3) is 6.04. The Morgan fingerprint density at radius 1 is 1.14 bits per heavy atom. The van der Waals surface area contributed by atoms with Crippen LogP contribution in [0.5, 0.6) is 5.75 Å². The van der Waals surface area contributed by atoms with Crippen LogP contribution in [0.2, 0.25) is 0 Å². The molecule has 230 valence electrons. The molecule has 3 aliphatic rings. The van der Waals surface area contributed by atoms with E-state index >= 15 is 0 Å². The zero-order chi connectivity index (χ0) is 30.4. The zero-order valence-corrected chi connectivity index (χ0v) is 27.2. The van der Waals surface area contributed by atoms with Gasteiger partial charge in [-0.15, -0.1) is 24.9 Å². The van der Waals surface area contributed by atoms with E-state index in [1.807, 2.05) is 36.1 Å². The Balaban J connectivity index is 1.73. The van der Waals surface area contributed by atoms with Crippen LogP contribution in [-0.4, -0.2) is 92.9 Å². The second kappa shape index (κ2) is 14.4. The monoisotopic (exact) mass is 661 g/mol. The smallest absolute Gasteiger partial charge is 0.247 e. The van der Waals surface area contributed by atoms with Gasteiger partial charge in [0.05, 0.1) is 23.2 Å². The molecule has 3 saturated heterocycles. The van der Waals surface area contributed by atoms with Gasteiger partial charge in [-0.2, -0.15) is 0 Å². The number of thioether (sulfide) groups is 1. The van der Waals surface area contributed by atoms with Crippen molar-refractivity contribution in [2.24, 2.45) is 11.8 Å². The number of ether oxygens (including phenoxy) is 1. The molecule has 1 aromatic carbocycles. The number of rotatable bonds is 16. The average Bonchev–Trinajstić information content (AvgIpc) is 3.57. The normalized spacial score (nSPS) is 27.6. The van der Waals surface area contributed by atoms with Crippen molar-refractivity contribution in [3.63, 3.8) is 0 Å². The summed E-state index contributed by atoms with van der Waals surface area (Å²) in [5.41, 5.74) is 0.714. The van der Waals surface area contributed by atoms with Crippen molar-refractivity contribution in [3.8, 4) is 5.75 Å². The summed E-state index contributed by atoms with van der Waals surface area (Å²) in [5.74, 6) is -0.798. The van der Waals surface area contributed by atoms with Crippen molar-refractivity contribution in [1.82, 2.24) is 9.80 Å². The number of benzene rings is 1. The van der Waals surface area contributed by atoms with Gasteiger partial charge in [0.25, 0.3) is 0 Å². The van der Waals surface area contributed by atoms with Crippen LogP contribution in [0, 0.1) is 11.8 Å². The molecular formula is C32H44BrN3O5S. The van der Waals surface area contributed by atoms with Gasteiger partial charge in [-0.25, -0.2) is 0 Å². The number of carbonyl (C=O) groups excluding carboxylic acids is 3. The Morgan fingerprint density at radius 2 is 1.86 bits per heavy atom. The lowest BCUT2D eigenvalue weighted by molar-refractivity contribution is -0.142. The number of likely N-dealkylation sites (tertiary alicyclic amines) is 1. The Labute approximate surface area is 262 Å². The molecular weight excluding hydrogens is 618 g/mol. The predicted molar refractivity (Wildman–Crippen MR) is 172 cm³/mol. The SMILES string of the molecule is C=CCN(CCCC)C(=O)C1N(CCCCO)C(=O)[C@@H]2[C@H](C(=O)N(CC=C)c3ccc(OCC)cc3)[C@H]3SC12CC3Br. The highest BCUT2D eigenvalue weighted by molar-refractivity contribution is 9.09. The molecule has 3 amide bonds. The Kier molecular flexibility index (Phi) is 11.2. The number of aliphatic hydroxyl groups is 1. The van der Waals surface area contributed by atoms with Gasteiger partial charge in [0, 0.05) is 48.6 Å². The van der Waals surface area contributed by atoms with Gasteiger partial charge in [-0.1, -0.05) is 41.4 Å². The van der Waals surface area contributed by atoms with Crippen LogP contribution in [0.1, 0.15) is 46.0 Å². The van der Waals surface area contributed by atoms with Gasteiger partial charge in [0.2, 0.25) is 17.7 Å². The molecule has 10 heteroatoms. The number of aliphatic hydroxyl groups excluding tert-OH is 1. The number of alkyl halides is 1. The molecule has 4 rings (SSSR count). The first-order valence-electron chi connectivity index (χ1n) is 15.1. The molecule has 2 bridgehead atoms. The minimum Gasteiger partial charge on any atom is -0.494 e. The van der Waals surface area contributed by atoms with Crippen LogP contribution in [0.15, 0.2) is 49.6 Å². The van der Waals surface area contributed by atoms with E-state index in [1.165, 1.54) is 0 Å². The van der Waals surface area contributed by atoms with Crippen LogP contribution in [0.3, 0.4) is 0 Å². The molecule has 0 aliphatic carbocycles. The fraction of sp³-hybridized carbons (Fsp3) is 0.594. The number of amides is 3. The standard InChI is InChI=1S/C32H44BrN3O5S/c1-5-9-18-34(16-6-2)31(40)28-32-21-24(33)27(42-32)25(26(32)30(39)36(28)19-10-11-20-37)29(38)35(17-7-3)22-12-14-23(15-13-22)41-8-4/h6-7,12-15,24-28,37H,2-3,5,8-11,16-21H2,1,4H3/t24?,25-,26-,27-,28?,32?/m0/s1. The van der Waals surface area contributed by atoms with Gasteiger partial charge in [0.15, 0.2) is 0 Å². The quantitative estimate of drug-likeness (QED) is 0.158. The van der Waals surface area contributed by atoms with E-state index in [1.54, 1.807) is 33.7 Å². The first kappa shape index (κ1) is 32.6. The number of carbonyl (C=O) groups is 3. The Bertz CT molecular complexity index is 1150. The van der Waals surface area contributed by atoms with Gasteiger partial charge >= 0.3 is 0 Å². The van der Waals surface area contributed by atoms with Crippen LogP contribution in [0.25, 0.3) is 0 Å². The van der Waals surface area contributed by atoms with Crippen LogP contribution in [0.4, 0.5) is 5.69 Å². The second-order valence-corrected chi connectivity index (χ2v) is 13.9. The summed E-state index contributed by atoms with van der Waals surface area (Å²) in [6.45, 7) is 14.0. The summed E-state index contributed by atoms with van der Waals surface area (Å²) >= 11 is 5.52. The van der Waals surface area contributed by atoms with Crippen molar-refractivity contribution < 1.29 is 24.2 Å². The largest absolute Gasteiger partial charge is 0.494 e. The highest BCUT2D eigenvalue weighted by atomic mass is 79.9. The van der Waals surface area contributed by atoms with Crippen molar-refractivity contribution >= 4 is 51.1 Å². The predicted octanol–water partition coefficient (Wildman–Crippen LogP) is 4.66. The van der Waals surface area contributed by atoms with Gasteiger partial charge in [-0.3, -0.25) is 14.4 Å². The van der Waals surface area contributed by atoms with Crippen molar-refractivity contribution in [2.75, 3.05) is 44.3 Å². The third-order valence-electron chi connectivity index (χ3n) is 8.60. The Morgan fingerprint density at radius 3 is 2.48 bits per heavy atom. The van der Waals surface area contributed by atoms with E-state index in [2.05, 4.69) is 36.0 Å². The molecule has 1 N–H and O–H groups in total. The lowest BCUT2D eigenvalue weighted by atomic mass is 9.70. The lowest BCUT2D eigenvalue weighted by Gasteiger charge is -2.38. The number of fused-ring (bicyclic) bond motifs is 1. The average molecular weight is 663 g/mol. The topological polar surface area (TPSA) is 90.4 Å². The van der Waals surface area contributed by atoms with Crippen LogP contribution < -0.4 is 9.64 Å². The van der Waals surface area contributed by atoms with E-state index in [0.717, 1.165) is 18.6 Å². The number of nitrogens with zero attached hydrogens (tertiary/aromatic N) is 3. The zero-order valence-electron chi connectivity index (χ0n) is 24.8. The van der Waals surface area contributed by atoms with E-state index in [4.69, 9.17) is 4.74 Å². The summed E-state index contributed by atoms with van der Waals surface area (Å²) in [6, 6.07) is 6.74. The second-order valence-electron chi connectivity index (χ2n) is 11.2. The maximum absolute atomic E-state index is 14.5. The van der Waals surface area contributed by atoms with Gasteiger partial charge < -0.3 is 24.5 Å². The lowest BCUT2D eigenvalue weighted by Crippen LogP contribution is -2.56. The van der Waals surface area contributed by atoms with Crippen LogP contribution >= 0.6 is 27.7 Å². The number of hydrogen-bond acceptors (Lipinski definition) is 6. The fourth-order valence-electron chi connectivity index (χ4n) is 6.82. The van der Waals surface area contributed by atoms with E-state index in [9.17, 15) is 19.5 Å². The summed E-state index contributed by atoms with van der Waals surface area (Å²) < 4.78 is 4.88. The summed E-state index contributed by atoms with van der Waals surface area (Å²) in [7, 11) is 0. The van der Waals surface area contributed by atoms with E-state index in [0.29, 0.717) is 57.7 Å². The number of unbranched alkanes of at least 4 members (excludes halogenated alkanes) is 2. The van der Waals surface area contributed by atoms with Crippen molar-refractivity contribution in [1.29, 1.82) is 0 Å². The third-order valence-corrected chi connectivity index (χ3v) is 11.8. The molecule has 0 aromatic heterocycles. The molecule has 3 aliphatic heterocycles. The molecule has 3 unspecified atom stereocenters. The van der Waals surface area contributed by atoms with E-state index in [-0.39, 0.29) is 34.4 Å². The Hall–Kier alpha value is -2.30.